The molecular formula is C14H22O2S. The maximum Gasteiger partial charge on any atom is 0.178 e. The molecule has 1 aromatic carbocycles. The van der Waals surface area contributed by atoms with E-state index in [0.717, 1.165) is 24.8 Å². The molecule has 0 saturated heterocycles. The van der Waals surface area contributed by atoms with E-state index in [4.69, 9.17) is 0 Å². The molecule has 0 saturated carbocycles. The Morgan fingerprint density at radius 2 is 1.53 bits per heavy atom. The van der Waals surface area contributed by atoms with Crippen LogP contribution in [0, 0.1) is 6.92 Å². The van der Waals surface area contributed by atoms with E-state index < -0.39 is 9.84 Å². The number of sulfone groups is 1. The Morgan fingerprint density at radius 3 is 2.12 bits per heavy atom. The first-order valence-electron chi connectivity index (χ1n) is 6.35. The van der Waals surface area contributed by atoms with Crippen molar-refractivity contribution in [3.05, 3.63) is 29.8 Å². The van der Waals surface area contributed by atoms with Crippen LogP contribution in [0.2, 0.25) is 0 Å². The van der Waals surface area contributed by atoms with Gasteiger partial charge >= 0.3 is 0 Å². The summed E-state index contributed by atoms with van der Waals surface area (Å²) in [5.74, 6) is 0.278. The Labute approximate surface area is 105 Å². The number of rotatable bonds is 7. The Hall–Kier alpha value is -0.830. The lowest BCUT2D eigenvalue weighted by Gasteiger charge is -2.04. The standard InChI is InChI=1S/C14H22O2S/c1-3-4-5-6-7-12-17(15,16)14-10-8-13(2)9-11-14/h8-11H,3-7,12H2,1-2H3. The monoisotopic (exact) mass is 254 g/mol. The molecule has 0 radical (unpaired) electrons. The largest absolute Gasteiger partial charge is 0.224 e. The number of hydrogen-bond donors (Lipinski definition) is 0. The van der Waals surface area contributed by atoms with E-state index in [2.05, 4.69) is 6.92 Å². The summed E-state index contributed by atoms with van der Waals surface area (Å²) in [6.07, 6.45) is 5.31. The van der Waals surface area contributed by atoms with Crippen LogP contribution in [0.1, 0.15) is 44.6 Å². The fourth-order valence-electron chi connectivity index (χ4n) is 1.76. The van der Waals surface area contributed by atoms with Gasteiger partial charge in [-0.2, -0.15) is 0 Å². The van der Waals surface area contributed by atoms with Crippen LogP contribution in [0.5, 0.6) is 0 Å². The van der Waals surface area contributed by atoms with Gasteiger partial charge in [-0.1, -0.05) is 50.3 Å². The number of unbranched alkanes of at least 4 members (excludes halogenated alkanes) is 4. The fourth-order valence-corrected chi connectivity index (χ4v) is 3.13. The van der Waals surface area contributed by atoms with Gasteiger partial charge in [-0.15, -0.1) is 0 Å². The van der Waals surface area contributed by atoms with Crippen LogP contribution in [0.3, 0.4) is 0 Å². The van der Waals surface area contributed by atoms with Gasteiger partial charge in [0.25, 0.3) is 0 Å². The number of hydrogen-bond acceptors (Lipinski definition) is 2. The molecule has 0 unspecified atom stereocenters. The second kappa shape index (κ2) is 6.80. The molecule has 96 valence electrons. The van der Waals surface area contributed by atoms with Gasteiger partial charge in [0.2, 0.25) is 0 Å². The van der Waals surface area contributed by atoms with Crippen molar-refractivity contribution in [2.24, 2.45) is 0 Å². The zero-order valence-corrected chi connectivity index (χ0v) is 11.6. The predicted molar refractivity (Wildman–Crippen MR) is 72.0 cm³/mol. The Morgan fingerprint density at radius 1 is 0.941 bits per heavy atom. The van der Waals surface area contributed by atoms with E-state index in [0.29, 0.717) is 4.90 Å². The molecule has 0 atom stereocenters. The molecule has 0 aromatic heterocycles. The summed E-state index contributed by atoms with van der Waals surface area (Å²) in [4.78, 5) is 0.457. The van der Waals surface area contributed by atoms with Gasteiger partial charge in [-0.3, -0.25) is 0 Å². The van der Waals surface area contributed by atoms with Gasteiger partial charge < -0.3 is 0 Å². The lowest BCUT2D eigenvalue weighted by molar-refractivity contribution is 0.587. The zero-order chi connectivity index (χ0) is 12.7. The summed E-state index contributed by atoms with van der Waals surface area (Å²) in [7, 11) is -3.06. The van der Waals surface area contributed by atoms with E-state index in [-0.39, 0.29) is 5.75 Å². The quantitative estimate of drug-likeness (QED) is 0.695. The highest BCUT2D eigenvalue weighted by Crippen LogP contribution is 2.14. The third kappa shape index (κ3) is 4.90. The van der Waals surface area contributed by atoms with E-state index in [1.165, 1.54) is 12.8 Å². The molecule has 0 N–H and O–H groups in total. The van der Waals surface area contributed by atoms with Crippen LogP contribution >= 0.6 is 0 Å². The summed E-state index contributed by atoms with van der Waals surface area (Å²) < 4.78 is 24.0. The first-order chi connectivity index (χ1) is 8.06. The highest BCUT2D eigenvalue weighted by molar-refractivity contribution is 7.91. The molecule has 2 nitrogen and oxygen atoms in total. The van der Waals surface area contributed by atoms with E-state index in [9.17, 15) is 8.42 Å². The first kappa shape index (κ1) is 14.2. The summed E-state index contributed by atoms with van der Waals surface area (Å²) in [6.45, 7) is 4.12. The summed E-state index contributed by atoms with van der Waals surface area (Å²) in [6, 6.07) is 7.11. The smallest absolute Gasteiger partial charge is 0.178 e. The first-order valence-corrected chi connectivity index (χ1v) is 8.01. The van der Waals surface area contributed by atoms with Crippen molar-refractivity contribution < 1.29 is 8.42 Å². The van der Waals surface area contributed by atoms with E-state index in [1.54, 1.807) is 12.1 Å². The van der Waals surface area contributed by atoms with Crippen molar-refractivity contribution in [2.45, 2.75) is 50.8 Å². The van der Waals surface area contributed by atoms with Crippen LogP contribution in [-0.2, 0) is 9.84 Å². The molecule has 0 heterocycles. The van der Waals surface area contributed by atoms with E-state index >= 15 is 0 Å². The molecule has 0 aliphatic carbocycles. The molecule has 0 aliphatic rings. The number of benzene rings is 1. The van der Waals surface area contributed by atoms with Gasteiger partial charge in [-0.05, 0) is 25.5 Å². The molecular weight excluding hydrogens is 232 g/mol. The predicted octanol–water partition coefficient (Wildman–Crippen LogP) is 3.74. The summed E-state index contributed by atoms with van der Waals surface area (Å²) in [5, 5.41) is 0. The number of aryl methyl sites for hydroxylation is 1. The second-order valence-corrected chi connectivity index (χ2v) is 6.66. The zero-order valence-electron chi connectivity index (χ0n) is 10.8. The minimum absolute atomic E-state index is 0.278. The van der Waals surface area contributed by atoms with Crippen LogP contribution in [0.25, 0.3) is 0 Å². The van der Waals surface area contributed by atoms with Crippen LogP contribution in [0.15, 0.2) is 29.2 Å². The van der Waals surface area contributed by atoms with Crippen LogP contribution in [0.4, 0.5) is 0 Å². The molecule has 0 bridgehead atoms. The Kier molecular flexibility index (Phi) is 5.69. The SMILES string of the molecule is CCCCCCCS(=O)(=O)c1ccc(C)cc1. The Bertz CT molecular complexity index is 418. The molecule has 0 aliphatic heterocycles. The molecule has 0 amide bonds. The molecule has 17 heavy (non-hydrogen) atoms. The summed E-state index contributed by atoms with van der Waals surface area (Å²) in [5.41, 5.74) is 1.09. The lowest BCUT2D eigenvalue weighted by atomic mass is 10.2. The van der Waals surface area contributed by atoms with Crippen molar-refractivity contribution in [2.75, 3.05) is 5.75 Å². The minimum atomic E-state index is -3.06. The normalized spacial score (nSPS) is 11.6. The third-order valence-electron chi connectivity index (χ3n) is 2.90. The van der Waals surface area contributed by atoms with Gasteiger partial charge in [0.05, 0.1) is 10.6 Å². The van der Waals surface area contributed by atoms with Gasteiger partial charge in [0.1, 0.15) is 0 Å². The molecule has 0 fully saturated rings. The van der Waals surface area contributed by atoms with Crippen molar-refractivity contribution in [1.82, 2.24) is 0 Å². The summed E-state index contributed by atoms with van der Waals surface area (Å²) >= 11 is 0. The van der Waals surface area contributed by atoms with E-state index in [1.807, 2.05) is 19.1 Å². The van der Waals surface area contributed by atoms with Crippen molar-refractivity contribution in [3.8, 4) is 0 Å². The maximum atomic E-state index is 12.0. The molecule has 0 spiro atoms. The van der Waals surface area contributed by atoms with Gasteiger partial charge in [0, 0.05) is 0 Å². The minimum Gasteiger partial charge on any atom is -0.224 e. The van der Waals surface area contributed by atoms with Crippen molar-refractivity contribution in [1.29, 1.82) is 0 Å². The lowest BCUT2D eigenvalue weighted by Crippen LogP contribution is -2.06. The highest BCUT2D eigenvalue weighted by Gasteiger charge is 2.12. The highest BCUT2D eigenvalue weighted by atomic mass is 32.2. The third-order valence-corrected chi connectivity index (χ3v) is 4.71. The second-order valence-electron chi connectivity index (χ2n) is 4.55. The van der Waals surface area contributed by atoms with Crippen molar-refractivity contribution >= 4 is 9.84 Å². The van der Waals surface area contributed by atoms with Crippen molar-refractivity contribution in [3.63, 3.8) is 0 Å². The average molecular weight is 254 g/mol. The molecule has 1 rings (SSSR count). The topological polar surface area (TPSA) is 34.1 Å². The molecule has 3 heteroatoms. The van der Waals surface area contributed by atoms with Gasteiger partial charge in [0.15, 0.2) is 9.84 Å². The average Bonchev–Trinajstić information content (AvgIpc) is 2.29. The fraction of sp³-hybridized carbons (Fsp3) is 0.571. The van der Waals surface area contributed by atoms with Gasteiger partial charge in [-0.25, -0.2) is 8.42 Å². The van der Waals surface area contributed by atoms with Crippen LogP contribution in [-0.4, -0.2) is 14.2 Å². The molecule has 1 aromatic rings. The maximum absolute atomic E-state index is 12.0. The van der Waals surface area contributed by atoms with Crippen LogP contribution < -0.4 is 0 Å². The Balaban J connectivity index is 2.48.